The van der Waals surface area contributed by atoms with E-state index < -0.39 is 42.0 Å². The van der Waals surface area contributed by atoms with Gasteiger partial charge in [0.2, 0.25) is 5.79 Å². The number of ether oxygens (including phenoxy) is 4. The minimum Gasteiger partial charge on any atom is -0.458 e. The summed E-state index contributed by atoms with van der Waals surface area (Å²) in [6.45, 7) is 12.9. The molecule has 3 aliphatic rings. The SMILES string of the molecule is C=C(C)C(=O)O[C@H]1C/C(C)=C\[C@@]2(OC)C=C(C)[C@H](O2)[C@H]2OC(=O)C(=C)[C@@H]21. The van der Waals surface area contributed by atoms with Crippen LogP contribution >= 0.6 is 0 Å². The van der Waals surface area contributed by atoms with Crippen molar-refractivity contribution >= 4 is 11.9 Å². The van der Waals surface area contributed by atoms with Crippen LogP contribution < -0.4 is 0 Å². The van der Waals surface area contributed by atoms with Gasteiger partial charge >= 0.3 is 11.9 Å². The molecule has 140 valence electrons. The fourth-order valence-electron chi connectivity index (χ4n) is 3.79. The van der Waals surface area contributed by atoms with Gasteiger partial charge in [-0.25, -0.2) is 9.59 Å². The standard InChI is InChI=1S/C20H24O6/c1-10(2)18(21)24-14-7-11(3)8-20(23-6)9-12(4)16(26-20)17-15(14)13(5)19(22)25-17/h8-9,14-17H,1,5,7H2,2-4,6H3/b11-8-/t14-,15+,16-,17-,20-/m0/s1. The third kappa shape index (κ3) is 3.04. The summed E-state index contributed by atoms with van der Waals surface area (Å²) in [6.07, 6.45) is 2.41. The quantitative estimate of drug-likeness (QED) is 0.438. The molecule has 0 saturated carbocycles. The average molecular weight is 360 g/mol. The second kappa shape index (κ2) is 6.52. The van der Waals surface area contributed by atoms with E-state index in [1.54, 1.807) is 14.0 Å². The summed E-state index contributed by atoms with van der Waals surface area (Å²) in [5.74, 6) is -2.53. The van der Waals surface area contributed by atoms with Gasteiger partial charge in [-0.2, -0.15) is 0 Å². The van der Waals surface area contributed by atoms with Crippen molar-refractivity contribution in [3.05, 3.63) is 47.6 Å². The molecule has 0 unspecified atom stereocenters. The topological polar surface area (TPSA) is 71.1 Å². The summed E-state index contributed by atoms with van der Waals surface area (Å²) in [4.78, 5) is 24.4. The Labute approximate surface area is 153 Å². The normalized spacial score (nSPS) is 38.2. The molecule has 1 fully saturated rings. The molecule has 0 radical (unpaired) electrons. The molecule has 0 aromatic carbocycles. The molecule has 5 atom stereocenters. The Morgan fingerprint density at radius 1 is 1.35 bits per heavy atom. The van der Waals surface area contributed by atoms with Crippen LogP contribution in [-0.2, 0) is 28.5 Å². The first-order valence-electron chi connectivity index (χ1n) is 8.54. The van der Waals surface area contributed by atoms with Gasteiger partial charge in [-0.15, -0.1) is 0 Å². The molecular formula is C20H24O6. The van der Waals surface area contributed by atoms with Crippen LogP contribution in [0.25, 0.3) is 0 Å². The molecule has 0 spiro atoms. The molecule has 3 heterocycles. The van der Waals surface area contributed by atoms with E-state index in [2.05, 4.69) is 13.2 Å². The lowest BCUT2D eigenvalue weighted by Gasteiger charge is -2.30. The molecule has 2 bridgehead atoms. The summed E-state index contributed by atoms with van der Waals surface area (Å²) < 4.78 is 23.0. The molecule has 1 saturated heterocycles. The lowest BCUT2D eigenvalue weighted by Crippen LogP contribution is -2.41. The van der Waals surface area contributed by atoms with Crippen LogP contribution in [0.15, 0.2) is 47.6 Å². The van der Waals surface area contributed by atoms with Crippen molar-refractivity contribution in [2.75, 3.05) is 7.11 Å². The number of carbonyl (C=O) groups excluding carboxylic acids is 2. The van der Waals surface area contributed by atoms with Crippen LogP contribution in [0.1, 0.15) is 27.2 Å². The van der Waals surface area contributed by atoms with Crippen molar-refractivity contribution in [3.8, 4) is 0 Å². The highest BCUT2D eigenvalue weighted by Crippen LogP contribution is 2.44. The highest BCUT2D eigenvalue weighted by molar-refractivity contribution is 5.91. The van der Waals surface area contributed by atoms with Gasteiger partial charge in [-0.3, -0.25) is 0 Å². The highest BCUT2D eigenvalue weighted by atomic mass is 16.7. The van der Waals surface area contributed by atoms with Crippen LogP contribution in [0.2, 0.25) is 0 Å². The molecule has 0 aliphatic carbocycles. The van der Waals surface area contributed by atoms with Crippen LogP contribution in [0.4, 0.5) is 0 Å². The van der Waals surface area contributed by atoms with E-state index in [1.165, 1.54) is 0 Å². The molecule has 6 heteroatoms. The van der Waals surface area contributed by atoms with Gasteiger partial charge in [0.25, 0.3) is 0 Å². The Balaban J connectivity index is 2.06. The number of hydrogen-bond acceptors (Lipinski definition) is 6. The van der Waals surface area contributed by atoms with E-state index in [9.17, 15) is 9.59 Å². The summed E-state index contributed by atoms with van der Waals surface area (Å²) in [7, 11) is 1.56. The Morgan fingerprint density at radius 3 is 2.65 bits per heavy atom. The second-order valence-corrected chi connectivity index (χ2v) is 7.19. The zero-order chi connectivity index (χ0) is 19.2. The monoisotopic (exact) mass is 360 g/mol. The second-order valence-electron chi connectivity index (χ2n) is 7.19. The molecule has 0 aromatic rings. The van der Waals surface area contributed by atoms with Crippen LogP contribution in [0.3, 0.4) is 0 Å². The molecule has 0 N–H and O–H groups in total. The van der Waals surface area contributed by atoms with Crippen molar-refractivity contribution in [1.82, 2.24) is 0 Å². The zero-order valence-corrected chi connectivity index (χ0v) is 15.5. The number of fused-ring (bicyclic) bond motifs is 4. The van der Waals surface area contributed by atoms with Gasteiger partial charge in [0.1, 0.15) is 18.3 Å². The van der Waals surface area contributed by atoms with Gasteiger partial charge < -0.3 is 18.9 Å². The zero-order valence-electron chi connectivity index (χ0n) is 15.5. The maximum Gasteiger partial charge on any atom is 0.334 e. The fourth-order valence-corrected chi connectivity index (χ4v) is 3.79. The van der Waals surface area contributed by atoms with Crippen LogP contribution in [-0.4, -0.2) is 43.1 Å². The maximum atomic E-state index is 12.2. The molecule has 6 nitrogen and oxygen atoms in total. The van der Waals surface area contributed by atoms with E-state index >= 15 is 0 Å². The fraction of sp³-hybridized carbons (Fsp3) is 0.500. The smallest absolute Gasteiger partial charge is 0.334 e. The molecular weight excluding hydrogens is 336 g/mol. The first-order valence-corrected chi connectivity index (χ1v) is 8.54. The third-order valence-electron chi connectivity index (χ3n) is 5.05. The minimum atomic E-state index is -1.02. The Morgan fingerprint density at radius 2 is 2.04 bits per heavy atom. The highest BCUT2D eigenvalue weighted by Gasteiger charge is 2.54. The van der Waals surface area contributed by atoms with E-state index in [-0.39, 0.29) is 5.57 Å². The van der Waals surface area contributed by atoms with E-state index in [0.29, 0.717) is 12.0 Å². The van der Waals surface area contributed by atoms with Crippen molar-refractivity contribution in [2.24, 2.45) is 5.92 Å². The average Bonchev–Trinajstić information content (AvgIpc) is 3.04. The van der Waals surface area contributed by atoms with Gasteiger partial charge in [0.05, 0.1) is 5.92 Å². The van der Waals surface area contributed by atoms with E-state index in [1.807, 2.05) is 26.0 Å². The Kier molecular flexibility index (Phi) is 4.67. The largest absolute Gasteiger partial charge is 0.458 e. The van der Waals surface area contributed by atoms with E-state index in [4.69, 9.17) is 18.9 Å². The molecule has 3 aliphatic heterocycles. The maximum absolute atomic E-state index is 12.2. The summed E-state index contributed by atoms with van der Waals surface area (Å²) in [6, 6.07) is 0. The Bertz CT molecular complexity index is 745. The molecule has 3 rings (SSSR count). The first kappa shape index (κ1) is 18.6. The van der Waals surface area contributed by atoms with Gasteiger partial charge in [0, 0.05) is 24.7 Å². The third-order valence-corrected chi connectivity index (χ3v) is 5.05. The summed E-state index contributed by atoms with van der Waals surface area (Å²) in [5.41, 5.74) is 2.38. The van der Waals surface area contributed by atoms with E-state index in [0.717, 1.165) is 11.1 Å². The summed E-state index contributed by atoms with van der Waals surface area (Å²) >= 11 is 0. The lowest BCUT2D eigenvalue weighted by atomic mass is 9.83. The van der Waals surface area contributed by atoms with Crippen molar-refractivity contribution in [2.45, 2.75) is 51.3 Å². The van der Waals surface area contributed by atoms with Gasteiger partial charge in [-0.1, -0.05) is 18.7 Å². The molecule has 26 heavy (non-hydrogen) atoms. The predicted octanol–water partition coefficient (Wildman–Crippen LogP) is 2.61. The number of rotatable bonds is 3. The lowest BCUT2D eigenvalue weighted by molar-refractivity contribution is -0.189. The van der Waals surface area contributed by atoms with Crippen molar-refractivity contribution in [3.63, 3.8) is 0 Å². The number of carbonyl (C=O) groups is 2. The Hall–Kier alpha value is -2.18. The molecule has 0 amide bonds. The number of esters is 2. The number of hydrogen-bond donors (Lipinski definition) is 0. The summed E-state index contributed by atoms with van der Waals surface area (Å²) in [5, 5.41) is 0. The number of methoxy groups -OCH3 is 1. The molecule has 0 aromatic heterocycles. The van der Waals surface area contributed by atoms with Crippen LogP contribution in [0, 0.1) is 5.92 Å². The van der Waals surface area contributed by atoms with Crippen molar-refractivity contribution in [1.29, 1.82) is 0 Å². The minimum absolute atomic E-state index is 0.288. The van der Waals surface area contributed by atoms with Gasteiger partial charge in [0.15, 0.2) is 0 Å². The van der Waals surface area contributed by atoms with Gasteiger partial charge in [-0.05, 0) is 38.5 Å². The predicted molar refractivity (Wildman–Crippen MR) is 93.9 cm³/mol. The first-order chi connectivity index (χ1) is 12.2. The van der Waals surface area contributed by atoms with Crippen LogP contribution in [0.5, 0.6) is 0 Å². The van der Waals surface area contributed by atoms with Crippen molar-refractivity contribution < 1.29 is 28.5 Å².